The predicted octanol–water partition coefficient (Wildman–Crippen LogP) is 5.10. The summed E-state index contributed by atoms with van der Waals surface area (Å²) in [5.74, 6) is 1.05. The van der Waals surface area contributed by atoms with E-state index < -0.39 is 0 Å². The SMILES string of the molecule is CC.CNCC(c1cccc(C)c1)C1C=CC(c2cn[nH]c2)=CCC1. The van der Waals surface area contributed by atoms with Crippen molar-refractivity contribution in [2.75, 3.05) is 13.6 Å². The lowest BCUT2D eigenvalue weighted by molar-refractivity contribution is 0.462. The molecule has 0 spiro atoms. The molecule has 25 heavy (non-hydrogen) atoms. The number of H-pyrrole nitrogens is 1. The zero-order chi connectivity index (χ0) is 18.1. The van der Waals surface area contributed by atoms with E-state index in [1.54, 1.807) is 0 Å². The highest BCUT2D eigenvalue weighted by Crippen LogP contribution is 2.33. The third kappa shape index (κ3) is 5.17. The average Bonchev–Trinajstić information content (AvgIpc) is 3.07. The topological polar surface area (TPSA) is 40.7 Å². The maximum absolute atomic E-state index is 4.06. The Kier molecular flexibility index (Phi) is 7.68. The lowest BCUT2D eigenvalue weighted by Crippen LogP contribution is -2.23. The van der Waals surface area contributed by atoms with Crippen molar-refractivity contribution in [1.82, 2.24) is 15.5 Å². The van der Waals surface area contributed by atoms with Crippen molar-refractivity contribution >= 4 is 5.57 Å². The average molecular weight is 338 g/mol. The Morgan fingerprint density at radius 2 is 2.16 bits per heavy atom. The highest BCUT2D eigenvalue weighted by atomic mass is 15.1. The van der Waals surface area contributed by atoms with E-state index in [-0.39, 0.29) is 0 Å². The Hall–Kier alpha value is -2.13. The molecule has 1 heterocycles. The van der Waals surface area contributed by atoms with Gasteiger partial charge in [0.1, 0.15) is 0 Å². The molecule has 3 nitrogen and oxygen atoms in total. The van der Waals surface area contributed by atoms with Gasteiger partial charge in [-0.25, -0.2) is 0 Å². The van der Waals surface area contributed by atoms with Gasteiger partial charge in [0.15, 0.2) is 0 Å². The van der Waals surface area contributed by atoms with E-state index in [9.17, 15) is 0 Å². The van der Waals surface area contributed by atoms with Crippen molar-refractivity contribution in [1.29, 1.82) is 0 Å². The fourth-order valence-electron chi connectivity index (χ4n) is 3.42. The maximum Gasteiger partial charge on any atom is 0.0565 e. The largest absolute Gasteiger partial charge is 0.319 e. The molecule has 134 valence electrons. The van der Waals surface area contributed by atoms with Gasteiger partial charge < -0.3 is 5.32 Å². The lowest BCUT2D eigenvalue weighted by atomic mass is 9.82. The second kappa shape index (κ2) is 10.00. The molecule has 1 aromatic carbocycles. The van der Waals surface area contributed by atoms with Crippen LogP contribution in [0.15, 0.2) is 54.9 Å². The molecular weight excluding hydrogens is 306 g/mol. The number of nitrogens with zero attached hydrogens (tertiary/aromatic N) is 1. The van der Waals surface area contributed by atoms with Crippen molar-refractivity contribution in [3.63, 3.8) is 0 Å². The van der Waals surface area contributed by atoms with Gasteiger partial charge in [0.2, 0.25) is 0 Å². The first kappa shape index (κ1) is 19.2. The Balaban J connectivity index is 0.00000109. The van der Waals surface area contributed by atoms with Gasteiger partial charge in [0.25, 0.3) is 0 Å². The Morgan fingerprint density at radius 3 is 2.84 bits per heavy atom. The molecule has 2 N–H and O–H groups in total. The van der Waals surface area contributed by atoms with Crippen molar-refractivity contribution in [3.05, 3.63) is 71.6 Å². The predicted molar refractivity (Wildman–Crippen MR) is 108 cm³/mol. The van der Waals surface area contributed by atoms with Gasteiger partial charge in [-0.2, -0.15) is 5.10 Å². The standard InChI is InChI=1S/C20H25N3.C2H6/c1-15-5-3-8-18(11-15)20(14-21-2)17-7-4-6-16(9-10-17)19-12-22-23-13-19;1-2/h3,5-6,8-13,17,20-21H,4,7,14H2,1-2H3,(H,22,23);1-2H3. The van der Waals surface area contributed by atoms with Gasteiger partial charge in [0, 0.05) is 24.2 Å². The molecule has 1 aliphatic rings. The van der Waals surface area contributed by atoms with E-state index in [1.807, 2.05) is 33.3 Å². The first-order valence-corrected chi connectivity index (χ1v) is 9.36. The molecular formula is C22H31N3. The second-order valence-electron chi connectivity index (χ2n) is 6.33. The van der Waals surface area contributed by atoms with Crippen LogP contribution in [0, 0.1) is 12.8 Å². The molecule has 2 aromatic rings. The molecule has 0 saturated carbocycles. The fourth-order valence-corrected chi connectivity index (χ4v) is 3.42. The van der Waals surface area contributed by atoms with Gasteiger partial charge >= 0.3 is 0 Å². The molecule has 2 atom stereocenters. The zero-order valence-corrected chi connectivity index (χ0v) is 15.9. The third-order valence-corrected chi connectivity index (χ3v) is 4.63. The van der Waals surface area contributed by atoms with E-state index in [4.69, 9.17) is 0 Å². The number of aromatic nitrogens is 2. The maximum atomic E-state index is 4.06. The van der Waals surface area contributed by atoms with Gasteiger partial charge in [-0.05, 0) is 43.9 Å². The van der Waals surface area contributed by atoms with Crippen LogP contribution in [-0.2, 0) is 0 Å². The molecule has 2 unspecified atom stereocenters. The van der Waals surface area contributed by atoms with Crippen LogP contribution in [-0.4, -0.2) is 23.8 Å². The van der Waals surface area contributed by atoms with Gasteiger partial charge in [-0.1, -0.05) is 61.9 Å². The fraction of sp³-hybridized carbons (Fsp3) is 0.409. The summed E-state index contributed by atoms with van der Waals surface area (Å²) in [6.45, 7) is 7.17. The first-order chi connectivity index (χ1) is 12.3. The highest BCUT2D eigenvalue weighted by molar-refractivity contribution is 5.73. The van der Waals surface area contributed by atoms with E-state index in [0.29, 0.717) is 11.8 Å². The summed E-state index contributed by atoms with van der Waals surface area (Å²) < 4.78 is 0. The number of allylic oxidation sites excluding steroid dienone is 4. The first-order valence-electron chi connectivity index (χ1n) is 9.36. The van der Waals surface area contributed by atoms with Crippen LogP contribution in [0.4, 0.5) is 0 Å². The van der Waals surface area contributed by atoms with Crippen LogP contribution in [0.5, 0.6) is 0 Å². The minimum atomic E-state index is 0.508. The van der Waals surface area contributed by atoms with E-state index >= 15 is 0 Å². The van der Waals surface area contributed by atoms with E-state index in [2.05, 4.69) is 64.9 Å². The van der Waals surface area contributed by atoms with Crippen LogP contribution in [0.2, 0.25) is 0 Å². The van der Waals surface area contributed by atoms with Crippen LogP contribution in [0.3, 0.4) is 0 Å². The van der Waals surface area contributed by atoms with Crippen molar-refractivity contribution < 1.29 is 0 Å². The molecule has 3 rings (SSSR count). The summed E-state index contributed by atoms with van der Waals surface area (Å²) >= 11 is 0. The Morgan fingerprint density at radius 1 is 1.32 bits per heavy atom. The summed E-state index contributed by atoms with van der Waals surface area (Å²) in [6, 6.07) is 8.92. The lowest BCUT2D eigenvalue weighted by Gasteiger charge is -2.25. The molecule has 0 amide bonds. The highest BCUT2D eigenvalue weighted by Gasteiger charge is 2.21. The monoisotopic (exact) mass is 337 g/mol. The van der Waals surface area contributed by atoms with Crippen molar-refractivity contribution in [3.8, 4) is 0 Å². The zero-order valence-electron chi connectivity index (χ0n) is 15.9. The van der Waals surface area contributed by atoms with Gasteiger partial charge in [0.05, 0.1) is 6.20 Å². The van der Waals surface area contributed by atoms with Crippen molar-refractivity contribution in [2.24, 2.45) is 5.92 Å². The number of benzene rings is 1. The molecule has 0 fully saturated rings. The molecule has 0 radical (unpaired) electrons. The molecule has 1 aromatic heterocycles. The van der Waals surface area contributed by atoms with Gasteiger partial charge in [-0.15, -0.1) is 0 Å². The normalized spacial score (nSPS) is 17.9. The van der Waals surface area contributed by atoms with Crippen LogP contribution < -0.4 is 5.32 Å². The number of hydrogen-bond acceptors (Lipinski definition) is 2. The molecule has 1 aliphatic carbocycles. The Bertz CT molecular complexity index is 683. The molecule has 0 aliphatic heterocycles. The third-order valence-electron chi connectivity index (χ3n) is 4.63. The van der Waals surface area contributed by atoms with Crippen LogP contribution in [0.25, 0.3) is 5.57 Å². The van der Waals surface area contributed by atoms with Crippen molar-refractivity contribution in [2.45, 2.75) is 39.5 Å². The number of likely N-dealkylation sites (N-methyl/N-ethyl adjacent to an activating group) is 1. The summed E-state index contributed by atoms with van der Waals surface area (Å²) in [5, 5.41) is 10.3. The van der Waals surface area contributed by atoms with Crippen LogP contribution in [0.1, 0.15) is 49.3 Å². The minimum Gasteiger partial charge on any atom is -0.319 e. The van der Waals surface area contributed by atoms with Crippen LogP contribution >= 0.6 is 0 Å². The number of hydrogen-bond donors (Lipinski definition) is 2. The molecule has 0 saturated heterocycles. The number of rotatable bonds is 5. The van der Waals surface area contributed by atoms with E-state index in [1.165, 1.54) is 28.7 Å². The summed E-state index contributed by atoms with van der Waals surface area (Å²) in [4.78, 5) is 0. The quantitative estimate of drug-likeness (QED) is 0.797. The Labute approximate surface area is 152 Å². The van der Waals surface area contributed by atoms with Gasteiger partial charge in [-0.3, -0.25) is 5.10 Å². The number of aryl methyl sites for hydroxylation is 1. The minimum absolute atomic E-state index is 0.508. The molecule has 0 bridgehead atoms. The number of aromatic amines is 1. The molecule has 3 heteroatoms. The smallest absolute Gasteiger partial charge is 0.0565 e. The van der Waals surface area contributed by atoms with E-state index in [0.717, 1.165) is 13.0 Å². The number of nitrogens with one attached hydrogen (secondary N) is 2. The second-order valence-corrected chi connectivity index (χ2v) is 6.33. The summed E-state index contributed by atoms with van der Waals surface area (Å²) in [7, 11) is 2.04. The summed E-state index contributed by atoms with van der Waals surface area (Å²) in [6.07, 6.45) is 13.1. The summed E-state index contributed by atoms with van der Waals surface area (Å²) in [5.41, 5.74) is 5.20.